The average molecular weight is 408 g/mol. The van der Waals surface area contributed by atoms with Gasteiger partial charge in [-0.05, 0) is 6.07 Å². The van der Waals surface area contributed by atoms with Gasteiger partial charge in [0.25, 0.3) is 5.91 Å². The molecule has 2 aliphatic heterocycles. The maximum absolute atomic E-state index is 12.9. The minimum atomic E-state index is -3.86. The lowest BCUT2D eigenvalue weighted by molar-refractivity contribution is -0.129. The number of alkyl halides is 1. The standard InChI is InChI=1S/C14H15Cl2N3O5S/c15-7-14(21)18-1-3-19(4-2-18)25(22,23)12-6-11-10(5-9(12)16)17-13(20)8-24-11/h5-6H,1-4,7-8H2,(H,17,20). The van der Waals surface area contributed by atoms with Crippen molar-refractivity contribution in [1.29, 1.82) is 0 Å². The molecule has 0 bridgehead atoms. The predicted octanol–water partition coefficient (Wildman–Crippen LogP) is 0.743. The monoisotopic (exact) mass is 407 g/mol. The van der Waals surface area contributed by atoms with Crippen LogP contribution in [0.25, 0.3) is 0 Å². The molecule has 0 spiro atoms. The number of halogens is 2. The van der Waals surface area contributed by atoms with E-state index in [2.05, 4.69) is 5.32 Å². The Kier molecular flexibility index (Phi) is 5.10. The summed E-state index contributed by atoms with van der Waals surface area (Å²) in [5, 5.41) is 2.56. The highest BCUT2D eigenvalue weighted by molar-refractivity contribution is 7.89. The topological polar surface area (TPSA) is 96.0 Å². The molecular weight excluding hydrogens is 393 g/mol. The van der Waals surface area contributed by atoms with Gasteiger partial charge in [0.2, 0.25) is 15.9 Å². The van der Waals surface area contributed by atoms with Gasteiger partial charge >= 0.3 is 0 Å². The molecule has 1 fully saturated rings. The third-order valence-electron chi connectivity index (χ3n) is 3.99. The Bertz CT molecular complexity index is 822. The van der Waals surface area contributed by atoms with Crippen LogP contribution in [0.1, 0.15) is 0 Å². The van der Waals surface area contributed by atoms with E-state index in [-0.39, 0.29) is 66.1 Å². The third-order valence-corrected chi connectivity index (χ3v) is 6.58. The number of sulfonamides is 1. The second kappa shape index (κ2) is 6.99. The van der Waals surface area contributed by atoms with Crippen molar-refractivity contribution in [2.45, 2.75) is 4.90 Å². The van der Waals surface area contributed by atoms with Gasteiger partial charge in [0.15, 0.2) is 6.61 Å². The van der Waals surface area contributed by atoms with E-state index < -0.39 is 10.0 Å². The Morgan fingerprint density at radius 1 is 1.24 bits per heavy atom. The molecule has 0 unspecified atom stereocenters. The largest absolute Gasteiger partial charge is 0.482 e. The third kappa shape index (κ3) is 3.55. The van der Waals surface area contributed by atoms with Crippen LogP contribution in [0.4, 0.5) is 5.69 Å². The summed E-state index contributed by atoms with van der Waals surface area (Å²) in [6.45, 7) is 0.638. The van der Waals surface area contributed by atoms with E-state index in [0.717, 1.165) is 0 Å². The molecule has 2 amide bonds. The number of carbonyl (C=O) groups excluding carboxylic acids is 2. The fraction of sp³-hybridized carbons (Fsp3) is 0.429. The van der Waals surface area contributed by atoms with Gasteiger partial charge in [-0.25, -0.2) is 8.42 Å². The molecule has 1 saturated heterocycles. The number of benzene rings is 1. The van der Waals surface area contributed by atoms with Gasteiger partial charge in [-0.2, -0.15) is 4.31 Å². The molecule has 2 heterocycles. The summed E-state index contributed by atoms with van der Waals surface area (Å²) < 4.78 is 32.3. The number of nitrogens with zero attached hydrogens (tertiary/aromatic N) is 2. The van der Waals surface area contributed by atoms with Crippen LogP contribution in [0.3, 0.4) is 0 Å². The zero-order valence-corrected chi connectivity index (χ0v) is 15.3. The van der Waals surface area contributed by atoms with Crippen LogP contribution in [0.5, 0.6) is 5.75 Å². The van der Waals surface area contributed by atoms with Gasteiger partial charge in [-0.1, -0.05) is 11.6 Å². The molecule has 136 valence electrons. The second-order valence-corrected chi connectivity index (χ2v) is 8.11. The van der Waals surface area contributed by atoms with Gasteiger partial charge in [-0.15, -0.1) is 11.6 Å². The van der Waals surface area contributed by atoms with Gasteiger partial charge in [0.05, 0.1) is 10.7 Å². The molecule has 11 heteroatoms. The molecule has 0 atom stereocenters. The fourth-order valence-electron chi connectivity index (χ4n) is 2.68. The summed E-state index contributed by atoms with van der Waals surface area (Å²) in [6, 6.07) is 2.66. The molecule has 1 aromatic rings. The molecule has 2 aliphatic rings. The number of carbonyl (C=O) groups is 2. The summed E-state index contributed by atoms with van der Waals surface area (Å²) in [5.41, 5.74) is 0.331. The zero-order chi connectivity index (χ0) is 18.2. The maximum atomic E-state index is 12.9. The summed E-state index contributed by atoms with van der Waals surface area (Å²) in [6.07, 6.45) is 0. The van der Waals surface area contributed by atoms with Crippen molar-refractivity contribution in [3.05, 3.63) is 17.2 Å². The lowest BCUT2D eigenvalue weighted by atomic mass is 10.2. The fourth-order valence-corrected chi connectivity index (χ4v) is 4.79. The van der Waals surface area contributed by atoms with E-state index in [1.807, 2.05) is 0 Å². The Morgan fingerprint density at radius 3 is 2.56 bits per heavy atom. The van der Waals surface area contributed by atoms with Crippen LogP contribution in [0, 0.1) is 0 Å². The first kappa shape index (κ1) is 18.2. The predicted molar refractivity (Wildman–Crippen MR) is 91.6 cm³/mol. The van der Waals surface area contributed by atoms with Crippen molar-refractivity contribution < 1.29 is 22.7 Å². The summed E-state index contributed by atoms with van der Waals surface area (Å²) in [7, 11) is -3.86. The SMILES string of the molecule is O=C1COc2cc(S(=O)(=O)N3CCN(C(=O)CCl)CC3)c(Cl)cc2N1. The second-order valence-electron chi connectivity index (χ2n) is 5.53. The molecular formula is C14H15Cl2N3O5S. The van der Waals surface area contributed by atoms with Crippen molar-refractivity contribution in [3.63, 3.8) is 0 Å². The Morgan fingerprint density at radius 2 is 1.92 bits per heavy atom. The molecule has 25 heavy (non-hydrogen) atoms. The van der Waals surface area contributed by atoms with Gasteiger partial charge < -0.3 is 15.0 Å². The number of hydrogen-bond acceptors (Lipinski definition) is 5. The van der Waals surface area contributed by atoms with E-state index >= 15 is 0 Å². The van der Waals surface area contributed by atoms with E-state index in [1.54, 1.807) is 0 Å². The first-order valence-electron chi connectivity index (χ1n) is 7.43. The summed E-state index contributed by atoms with van der Waals surface area (Å²) in [4.78, 5) is 24.3. The smallest absolute Gasteiger partial charge is 0.262 e. The van der Waals surface area contributed by atoms with Crippen molar-refractivity contribution >= 4 is 50.7 Å². The molecule has 8 nitrogen and oxygen atoms in total. The van der Waals surface area contributed by atoms with Gasteiger partial charge in [-0.3, -0.25) is 9.59 Å². The number of anilines is 1. The van der Waals surface area contributed by atoms with Crippen LogP contribution in [0.2, 0.25) is 5.02 Å². The van der Waals surface area contributed by atoms with Crippen LogP contribution in [-0.4, -0.2) is 68.1 Å². The summed E-state index contributed by atoms with van der Waals surface area (Å²) >= 11 is 11.6. The zero-order valence-electron chi connectivity index (χ0n) is 13.0. The molecule has 0 radical (unpaired) electrons. The Labute approximate surface area is 154 Å². The van der Waals surface area contributed by atoms with Crippen LogP contribution >= 0.6 is 23.2 Å². The molecule has 3 rings (SSSR count). The lowest BCUT2D eigenvalue weighted by Crippen LogP contribution is -2.50. The van der Waals surface area contributed by atoms with E-state index in [4.69, 9.17) is 27.9 Å². The van der Waals surface area contributed by atoms with Crippen molar-refractivity contribution in [2.24, 2.45) is 0 Å². The average Bonchev–Trinajstić information content (AvgIpc) is 2.60. The van der Waals surface area contributed by atoms with Gasteiger partial charge in [0.1, 0.15) is 16.5 Å². The first-order valence-corrected chi connectivity index (χ1v) is 9.78. The minimum absolute atomic E-state index is 0.0104. The van der Waals surface area contributed by atoms with Crippen LogP contribution in [0.15, 0.2) is 17.0 Å². The van der Waals surface area contributed by atoms with Crippen molar-refractivity contribution in [3.8, 4) is 5.75 Å². The normalized spacial score (nSPS) is 18.3. The Hall–Kier alpha value is -1.55. The quantitative estimate of drug-likeness (QED) is 0.745. The number of hydrogen-bond donors (Lipinski definition) is 1. The minimum Gasteiger partial charge on any atom is -0.482 e. The molecule has 0 aromatic heterocycles. The van der Waals surface area contributed by atoms with E-state index in [0.29, 0.717) is 5.69 Å². The number of nitrogens with one attached hydrogen (secondary N) is 1. The van der Waals surface area contributed by atoms with Crippen LogP contribution < -0.4 is 10.1 Å². The van der Waals surface area contributed by atoms with Crippen molar-refractivity contribution in [1.82, 2.24) is 9.21 Å². The first-order chi connectivity index (χ1) is 11.8. The van der Waals surface area contributed by atoms with E-state index in [9.17, 15) is 18.0 Å². The number of ether oxygens (including phenoxy) is 1. The Balaban J connectivity index is 1.84. The number of fused-ring (bicyclic) bond motifs is 1. The highest BCUT2D eigenvalue weighted by Crippen LogP contribution is 2.36. The number of piperazine rings is 1. The lowest BCUT2D eigenvalue weighted by Gasteiger charge is -2.34. The molecule has 0 aliphatic carbocycles. The maximum Gasteiger partial charge on any atom is 0.262 e. The molecule has 1 aromatic carbocycles. The van der Waals surface area contributed by atoms with Crippen LogP contribution in [-0.2, 0) is 19.6 Å². The summed E-state index contributed by atoms with van der Waals surface area (Å²) in [5.74, 6) is -0.445. The van der Waals surface area contributed by atoms with Gasteiger partial charge in [0, 0.05) is 32.2 Å². The highest BCUT2D eigenvalue weighted by atomic mass is 35.5. The number of amides is 2. The molecule has 0 saturated carbocycles. The van der Waals surface area contributed by atoms with E-state index in [1.165, 1.54) is 21.3 Å². The van der Waals surface area contributed by atoms with Crippen molar-refractivity contribution in [2.75, 3.05) is 44.0 Å². The highest BCUT2D eigenvalue weighted by Gasteiger charge is 2.32. The number of rotatable bonds is 3. The molecule has 1 N–H and O–H groups in total.